The second-order valence-corrected chi connectivity index (χ2v) is 4.75. The Labute approximate surface area is 95.7 Å². The highest BCUT2D eigenvalue weighted by Gasteiger charge is 2.24. The average Bonchev–Trinajstić information content (AvgIpc) is 2.71. The third-order valence-corrected chi connectivity index (χ3v) is 3.22. The quantitative estimate of drug-likeness (QED) is 0.830. The van der Waals surface area contributed by atoms with Gasteiger partial charge in [0.15, 0.2) is 0 Å². The molecular formula is C13H18N2O. The van der Waals surface area contributed by atoms with Crippen LogP contribution in [-0.4, -0.2) is 29.3 Å². The number of para-hydroxylation sites is 1. The van der Waals surface area contributed by atoms with Crippen LogP contribution in [0.1, 0.15) is 13.8 Å². The molecule has 1 heterocycles. The number of aromatic amines is 1. The number of aliphatic hydroxyl groups is 1. The van der Waals surface area contributed by atoms with E-state index in [0.29, 0.717) is 0 Å². The zero-order chi connectivity index (χ0) is 11.8. The maximum absolute atomic E-state index is 9.38. The number of nitrogens with one attached hydrogen (secondary N) is 1. The monoisotopic (exact) mass is 218 g/mol. The lowest BCUT2D eigenvalue weighted by Gasteiger charge is -2.35. The third kappa shape index (κ3) is 1.67. The minimum atomic E-state index is -0.259. The zero-order valence-corrected chi connectivity index (χ0v) is 9.99. The van der Waals surface area contributed by atoms with Gasteiger partial charge in [0, 0.05) is 24.1 Å². The van der Waals surface area contributed by atoms with Gasteiger partial charge in [0.05, 0.1) is 17.8 Å². The number of rotatable bonds is 3. The van der Waals surface area contributed by atoms with Gasteiger partial charge < -0.3 is 15.0 Å². The van der Waals surface area contributed by atoms with E-state index in [9.17, 15) is 5.11 Å². The summed E-state index contributed by atoms with van der Waals surface area (Å²) in [6.45, 7) is 4.17. The second-order valence-electron chi connectivity index (χ2n) is 4.75. The first-order valence-electron chi connectivity index (χ1n) is 5.47. The predicted molar refractivity (Wildman–Crippen MR) is 67.9 cm³/mol. The van der Waals surface area contributed by atoms with Gasteiger partial charge in [-0.3, -0.25) is 0 Å². The van der Waals surface area contributed by atoms with Crippen LogP contribution in [0.3, 0.4) is 0 Å². The zero-order valence-electron chi connectivity index (χ0n) is 9.99. The number of benzene rings is 1. The normalized spacial score (nSPS) is 12.0. The predicted octanol–water partition coefficient (Wildman–Crippen LogP) is 2.38. The van der Waals surface area contributed by atoms with Gasteiger partial charge >= 0.3 is 0 Å². The fraction of sp³-hybridized carbons (Fsp3) is 0.385. The van der Waals surface area contributed by atoms with Gasteiger partial charge in [-0.1, -0.05) is 18.2 Å². The highest BCUT2D eigenvalue weighted by Crippen LogP contribution is 2.29. The Kier molecular flexibility index (Phi) is 2.64. The summed E-state index contributed by atoms with van der Waals surface area (Å²) in [5, 5.41) is 10.6. The van der Waals surface area contributed by atoms with Crippen molar-refractivity contribution >= 4 is 16.6 Å². The molecule has 2 rings (SSSR count). The van der Waals surface area contributed by atoms with Crippen molar-refractivity contribution < 1.29 is 5.11 Å². The van der Waals surface area contributed by atoms with Gasteiger partial charge in [-0.2, -0.15) is 0 Å². The number of hydrogen-bond donors (Lipinski definition) is 2. The molecule has 0 aliphatic rings. The van der Waals surface area contributed by atoms with Crippen molar-refractivity contribution in [2.45, 2.75) is 19.4 Å². The SMILES string of the molecule is CN(c1c[nH]c2ccccc12)C(C)(C)CO. The van der Waals surface area contributed by atoms with Crippen LogP contribution in [0.25, 0.3) is 10.9 Å². The fourth-order valence-corrected chi connectivity index (χ4v) is 1.77. The number of hydrogen-bond acceptors (Lipinski definition) is 2. The molecule has 2 aromatic rings. The standard InChI is InChI=1S/C13H18N2O/c1-13(2,9-16)15(3)12-8-14-11-7-5-4-6-10(11)12/h4-8,14,16H,9H2,1-3H3. The first-order valence-corrected chi connectivity index (χ1v) is 5.47. The van der Waals surface area contributed by atoms with E-state index in [1.807, 2.05) is 39.2 Å². The van der Waals surface area contributed by atoms with E-state index < -0.39 is 0 Å². The second kappa shape index (κ2) is 3.83. The Hall–Kier alpha value is -1.48. The Morgan fingerprint density at radius 3 is 2.69 bits per heavy atom. The summed E-state index contributed by atoms with van der Waals surface area (Å²) < 4.78 is 0. The summed E-state index contributed by atoms with van der Waals surface area (Å²) in [7, 11) is 2.01. The molecule has 0 amide bonds. The molecule has 16 heavy (non-hydrogen) atoms. The van der Waals surface area contributed by atoms with E-state index in [1.54, 1.807) is 0 Å². The molecule has 2 N–H and O–H groups in total. The minimum Gasteiger partial charge on any atom is -0.394 e. The van der Waals surface area contributed by atoms with Crippen molar-refractivity contribution in [2.75, 3.05) is 18.6 Å². The lowest BCUT2D eigenvalue weighted by atomic mass is 10.0. The largest absolute Gasteiger partial charge is 0.394 e. The number of likely N-dealkylation sites (N-methyl/N-ethyl adjacent to an activating group) is 1. The van der Waals surface area contributed by atoms with Gasteiger partial charge in [0.2, 0.25) is 0 Å². The molecular weight excluding hydrogens is 200 g/mol. The lowest BCUT2D eigenvalue weighted by Crippen LogP contribution is -2.44. The number of nitrogens with zero attached hydrogens (tertiary/aromatic N) is 1. The van der Waals surface area contributed by atoms with Gasteiger partial charge in [0.25, 0.3) is 0 Å². The molecule has 1 aromatic carbocycles. The summed E-state index contributed by atoms with van der Waals surface area (Å²) in [4.78, 5) is 5.34. The van der Waals surface area contributed by atoms with Crippen molar-refractivity contribution in [1.29, 1.82) is 0 Å². The van der Waals surface area contributed by atoms with Crippen molar-refractivity contribution in [3.8, 4) is 0 Å². The van der Waals surface area contributed by atoms with Crippen LogP contribution >= 0.6 is 0 Å². The Morgan fingerprint density at radius 1 is 1.31 bits per heavy atom. The fourth-order valence-electron chi connectivity index (χ4n) is 1.77. The highest BCUT2D eigenvalue weighted by molar-refractivity contribution is 5.93. The van der Waals surface area contributed by atoms with Gasteiger partial charge in [0.1, 0.15) is 0 Å². The lowest BCUT2D eigenvalue weighted by molar-refractivity contribution is 0.216. The van der Waals surface area contributed by atoms with E-state index in [0.717, 1.165) is 11.2 Å². The maximum atomic E-state index is 9.38. The summed E-state index contributed by atoms with van der Waals surface area (Å²) >= 11 is 0. The highest BCUT2D eigenvalue weighted by atomic mass is 16.3. The summed E-state index contributed by atoms with van der Waals surface area (Å²) in [6.07, 6.45) is 1.99. The molecule has 0 aliphatic carbocycles. The molecule has 0 atom stereocenters. The molecule has 1 aromatic heterocycles. The molecule has 3 heteroatoms. The average molecular weight is 218 g/mol. The van der Waals surface area contributed by atoms with Crippen molar-refractivity contribution in [1.82, 2.24) is 4.98 Å². The first kappa shape index (κ1) is 11.0. The molecule has 0 saturated carbocycles. The van der Waals surface area contributed by atoms with Crippen molar-refractivity contribution in [3.63, 3.8) is 0 Å². The number of anilines is 1. The van der Waals surface area contributed by atoms with Gasteiger partial charge in [-0.25, -0.2) is 0 Å². The Balaban J connectivity index is 2.48. The van der Waals surface area contributed by atoms with E-state index in [4.69, 9.17) is 0 Å². The van der Waals surface area contributed by atoms with Crippen LogP contribution < -0.4 is 4.90 Å². The number of fused-ring (bicyclic) bond motifs is 1. The van der Waals surface area contributed by atoms with Crippen LogP contribution in [0.2, 0.25) is 0 Å². The van der Waals surface area contributed by atoms with Crippen LogP contribution in [0.4, 0.5) is 5.69 Å². The van der Waals surface area contributed by atoms with Crippen molar-refractivity contribution in [2.24, 2.45) is 0 Å². The molecule has 0 fully saturated rings. The number of aromatic nitrogens is 1. The van der Waals surface area contributed by atoms with Crippen LogP contribution in [0, 0.1) is 0 Å². The molecule has 3 nitrogen and oxygen atoms in total. The van der Waals surface area contributed by atoms with Crippen LogP contribution in [-0.2, 0) is 0 Å². The molecule has 0 bridgehead atoms. The van der Waals surface area contributed by atoms with E-state index in [1.165, 1.54) is 5.39 Å². The summed E-state index contributed by atoms with van der Waals surface area (Å²) in [5.74, 6) is 0. The molecule has 86 valence electrons. The first-order chi connectivity index (χ1) is 7.56. The Bertz CT molecular complexity index is 487. The summed E-state index contributed by atoms with van der Waals surface area (Å²) in [5.41, 5.74) is 1.98. The molecule has 0 unspecified atom stereocenters. The summed E-state index contributed by atoms with van der Waals surface area (Å²) in [6, 6.07) is 8.18. The van der Waals surface area contributed by atoms with Gasteiger partial charge in [-0.15, -0.1) is 0 Å². The molecule has 0 radical (unpaired) electrons. The smallest absolute Gasteiger partial charge is 0.0658 e. The van der Waals surface area contributed by atoms with E-state index in [2.05, 4.69) is 22.0 Å². The van der Waals surface area contributed by atoms with Gasteiger partial charge in [-0.05, 0) is 19.9 Å². The molecule has 0 saturated heterocycles. The van der Waals surface area contributed by atoms with E-state index >= 15 is 0 Å². The van der Waals surface area contributed by atoms with Crippen LogP contribution in [0.15, 0.2) is 30.5 Å². The number of H-pyrrole nitrogens is 1. The maximum Gasteiger partial charge on any atom is 0.0658 e. The van der Waals surface area contributed by atoms with Crippen molar-refractivity contribution in [3.05, 3.63) is 30.5 Å². The topological polar surface area (TPSA) is 39.3 Å². The molecule has 0 spiro atoms. The molecule has 0 aliphatic heterocycles. The Morgan fingerprint density at radius 2 is 2.00 bits per heavy atom. The number of aliphatic hydroxyl groups excluding tert-OH is 1. The van der Waals surface area contributed by atoms with E-state index in [-0.39, 0.29) is 12.1 Å². The third-order valence-electron chi connectivity index (χ3n) is 3.22. The minimum absolute atomic E-state index is 0.128. The van der Waals surface area contributed by atoms with Crippen LogP contribution in [0.5, 0.6) is 0 Å².